The van der Waals surface area contributed by atoms with Gasteiger partial charge in [0.1, 0.15) is 11.3 Å². The maximum atomic E-state index is 5.40. The summed E-state index contributed by atoms with van der Waals surface area (Å²) in [5.41, 5.74) is 6.96. The number of nitrogens with zero attached hydrogens (tertiary/aromatic N) is 6. The highest BCUT2D eigenvalue weighted by Crippen LogP contribution is 2.02. The van der Waals surface area contributed by atoms with Crippen LogP contribution in [0.5, 0.6) is 0 Å². The van der Waals surface area contributed by atoms with Gasteiger partial charge >= 0.3 is 0 Å². The van der Waals surface area contributed by atoms with Gasteiger partial charge in [-0.05, 0) is 13.8 Å². The van der Waals surface area contributed by atoms with E-state index in [-0.39, 0.29) is 10.8 Å². The number of nitrogens with two attached hydrogens (primary N) is 1. The zero-order valence-electron chi connectivity index (χ0n) is 8.75. The van der Waals surface area contributed by atoms with Gasteiger partial charge in [0.05, 0.1) is 11.4 Å². The lowest BCUT2D eigenvalue weighted by atomic mass is 10.4. The van der Waals surface area contributed by atoms with E-state index in [0.29, 0.717) is 5.95 Å². The van der Waals surface area contributed by atoms with E-state index in [9.17, 15) is 0 Å². The summed E-state index contributed by atoms with van der Waals surface area (Å²) in [6, 6.07) is 0. The van der Waals surface area contributed by atoms with E-state index in [0.717, 1.165) is 11.4 Å². The van der Waals surface area contributed by atoms with Crippen LogP contribution < -0.4 is 5.73 Å². The first-order valence-corrected chi connectivity index (χ1v) is 4.88. The van der Waals surface area contributed by atoms with E-state index >= 15 is 0 Å². The first-order valence-electron chi connectivity index (χ1n) is 4.47. The topological polar surface area (TPSA) is 95.4 Å². The minimum atomic E-state index is 0.135. The lowest BCUT2D eigenvalue weighted by Crippen LogP contribution is -2.13. The Bertz CT molecular complexity index is 547. The van der Waals surface area contributed by atoms with Crippen molar-refractivity contribution >= 4 is 17.2 Å². The van der Waals surface area contributed by atoms with Crippen molar-refractivity contribution in [2.45, 2.75) is 13.8 Å². The lowest BCUT2D eigenvalue weighted by molar-refractivity contribution is 0.749. The van der Waals surface area contributed by atoms with Crippen LogP contribution in [0.2, 0.25) is 0 Å². The summed E-state index contributed by atoms with van der Waals surface area (Å²) >= 11 is 4.75. The number of hydrogen-bond donors (Lipinski definition) is 1. The maximum absolute atomic E-state index is 5.40. The van der Waals surface area contributed by atoms with Crippen molar-refractivity contribution in [2.24, 2.45) is 5.73 Å². The largest absolute Gasteiger partial charge is 0.387 e. The molecule has 0 radical (unpaired) electrons. The van der Waals surface area contributed by atoms with Crippen LogP contribution in [0.1, 0.15) is 17.2 Å². The Hall–Kier alpha value is -1.96. The molecule has 0 aliphatic rings. The molecule has 0 unspecified atom stereocenters. The van der Waals surface area contributed by atoms with E-state index in [4.69, 9.17) is 18.0 Å². The van der Waals surface area contributed by atoms with Gasteiger partial charge in [-0.1, -0.05) is 12.2 Å². The molecule has 7 nitrogen and oxygen atoms in total. The molecule has 2 aromatic rings. The Kier molecular flexibility index (Phi) is 2.57. The third-order valence-corrected chi connectivity index (χ3v) is 2.18. The molecule has 0 saturated heterocycles. The second-order valence-corrected chi connectivity index (χ2v) is 3.60. The van der Waals surface area contributed by atoms with Crippen LogP contribution in [0.4, 0.5) is 0 Å². The van der Waals surface area contributed by atoms with Crippen LogP contribution in [0.25, 0.3) is 5.95 Å². The van der Waals surface area contributed by atoms with Crippen molar-refractivity contribution in [1.29, 1.82) is 0 Å². The van der Waals surface area contributed by atoms with Gasteiger partial charge in [0.2, 0.25) is 5.82 Å². The molecule has 0 aromatic carbocycles. The van der Waals surface area contributed by atoms with Crippen molar-refractivity contribution in [1.82, 2.24) is 29.9 Å². The van der Waals surface area contributed by atoms with Crippen molar-refractivity contribution in [3.63, 3.8) is 0 Å². The molecule has 0 spiro atoms. The van der Waals surface area contributed by atoms with Crippen LogP contribution in [0.15, 0.2) is 6.33 Å². The molecule has 0 aliphatic carbocycles. The Balaban J connectivity index is 2.42. The van der Waals surface area contributed by atoms with E-state index in [2.05, 4.69) is 25.3 Å². The smallest absolute Gasteiger partial charge is 0.271 e. The van der Waals surface area contributed by atoms with E-state index in [1.807, 2.05) is 13.8 Å². The van der Waals surface area contributed by atoms with Crippen molar-refractivity contribution < 1.29 is 0 Å². The fourth-order valence-electron chi connectivity index (χ4n) is 1.01. The molecule has 0 saturated carbocycles. The predicted octanol–water partition coefficient (Wildman–Crippen LogP) is -0.297. The quantitative estimate of drug-likeness (QED) is 0.714. The maximum Gasteiger partial charge on any atom is 0.271 e. The Morgan fingerprint density at radius 1 is 1.31 bits per heavy atom. The normalized spacial score (nSPS) is 10.4. The Morgan fingerprint density at radius 2 is 2.06 bits per heavy atom. The summed E-state index contributed by atoms with van der Waals surface area (Å²) < 4.78 is 1.38. The molecule has 82 valence electrons. The van der Waals surface area contributed by atoms with Gasteiger partial charge in [-0.3, -0.25) is 0 Å². The second-order valence-electron chi connectivity index (χ2n) is 3.16. The van der Waals surface area contributed by atoms with Crippen LogP contribution >= 0.6 is 12.2 Å². The summed E-state index contributed by atoms with van der Waals surface area (Å²) in [7, 11) is 0. The number of hydrogen-bond acceptors (Lipinski definition) is 6. The monoisotopic (exact) mass is 235 g/mol. The van der Waals surface area contributed by atoms with Gasteiger partial charge in [0.15, 0.2) is 0 Å². The van der Waals surface area contributed by atoms with Crippen molar-refractivity contribution in [3.8, 4) is 5.95 Å². The molecule has 0 fully saturated rings. The molecule has 8 heteroatoms. The molecule has 0 bridgehead atoms. The van der Waals surface area contributed by atoms with Crippen LogP contribution in [-0.4, -0.2) is 34.9 Å². The number of thiocarbonyl (C=S) groups is 1. The second kappa shape index (κ2) is 3.89. The lowest BCUT2D eigenvalue weighted by Gasteiger charge is -2.00. The third kappa shape index (κ3) is 1.87. The summed E-state index contributed by atoms with van der Waals surface area (Å²) in [6.45, 7) is 3.68. The van der Waals surface area contributed by atoms with Gasteiger partial charge in [-0.15, -0.1) is 10.2 Å². The molecular weight excluding hydrogens is 226 g/mol. The molecule has 16 heavy (non-hydrogen) atoms. The first kappa shape index (κ1) is 10.6. The van der Waals surface area contributed by atoms with Gasteiger partial charge in [0.25, 0.3) is 5.95 Å². The number of rotatable bonds is 2. The molecule has 0 amide bonds. The summed E-state index contributed by atoms with van der Waals surface area (Å²) in [5, 5.41) is 11.9. The molecule has 0 aliphatic heterocycles. The average Bonchev–Trinajstić information content (AvgIpc) is 2.71. The van der Waals surface area contributed by atoms with Crippen LogP contribution in [0.3, 0.4) is 0 Å². The van der Waals surface area contributed by atoms with E-state index < -0.39 is 0 Å². The summed E-state index contributed by atoms with van der Waals surface area (Å²) in [4.78, 5) is 8.28. The van der Waals surface area contributed by atoms with E-state index in [1.165, 1.54) is 11.0 Å². The zero-order chi connectivity index (χ0) is 11.7. The summed E-state index contributed by atoms with van der Waals surface area (Å²) in [5.74, 6) is 0.634. The highest BCUT2D eigenvalue weighted by molar-refractivity contribution is 7.80. The number of aromatic nitrogens is 6. The Labute approximate surface area is 96.7 Å². The van der Waals surface area contributed by atoms with E-state index in [1.54, 1.807) is 0 Å². The standard InChI is InChI=1S/C8H9N7S/c1-4-5(2)12-13-8(11-4)15-3-10-7(14-15)6(9)16/h3H,1-2H3,(H2,9,16). The molecular formula is C8H9N7S. The van der Waals surface area contributed by atoms with Gasteiger partial charge < -0.3 is 5.73 Å². The van der Waals surface area contributed by atoms with Crippen molar-refractivity contribution in [3.05, 3.63) is 23.5 Å². The Morgan fingerprint density at radius 3 is 2.62 bits per heavy atom. The molecule has 2 rings (SSSR count). The van der Waals surface area contributed by atoms with Gasteiger partial charge in [0, 0.05) is 0 Å². The zero-order valence-corrected chi connectivity index (χ0v) is 9.56. The average molecular weight is 235 g/mol. The molecule has 2 N–H and O–H groups in total. The third-order valence-electron chi connectivity index (χ3n) is 2.00. The SMILES string of the molecule is Cc1nnc(-n2cnc(C(N)=S)n2)nc1C. The minimum Gasteiger partial charge on any atom is -0.387 e. The highest BCUT2D eigenvalue weighted by Gasteiger charge is 2.08. The number of aryl methyl sites for hydroxylation is 2. The molecule has 2 aromatic heterocycles. The molecule has 2 heterocycles. The van der Waals surface area contributed by atoms with Gasteiger partial charge in [-0.2, -0.15) is 9.78 Å². The fourth-order valence-corrected chi connectivity index (χ4v) is 1.11. The molecule has 0 atom stereocenters. The van der Waals surface area contributed by atoms with Crippen LogP contribution in [0, 0.1) is 13.8 Å². The summed E-state index contributed by atoms with van der Waals surface area (Å²) in [6.07, 6.45) is 1.44. The van der Waals surface area contributed by atoms with Crippen LogP contribution in [-0.2, 0) is 0 Å². The fraction of sp³-hybridized carbons (Fsp3) is 0.250. The van der Waals surface area contributed by atoms with Crippen molar-refractivity contribution in [2.75, 3.05) is 0 Å². The predicted molar refractivity (Wildman–Crippen MR) is 60.1 cm³/mol. The van der Waals surface area contributed by atoms with Gasteiger partial charge in [-0.25, -0.2) is 9.97 Å². The highest BCUT2D eigenvalue weighted by atomic mass is 32.1. The first-order chi connectivity index (χ1) is 7.58. The minimum absolute atomic E-state index is 0.135.